The number of rotatable bonds is 7. The number of nitrogens with two attached hydrogens (primary N) is 1. The van der Waals surface area contributed by atoms with Gasteiger partial charge in [0.15, 0.2) is 0 Å². The number of nitrogens with one attached hydrogen (secondary N) is 1. The van der Waals surface area contributed by atoms with Gasteiger partial charge < -0.3 is 11.1 Å². The van der Waals surface area contributed by atoms with Crippen LogP contribution in [-0.4, -0.2) is 28.5 Å². The molecule has 9 heteroatoms. The normalized spacial score (nSPS) is 12.4. The molecule has 0 bridgehead atoms. The number of aryl methyl sites for hydroxylation is 1. The summed E-state index contributed by atoms with van der Waals surface area (Å²) < 4.78 is 38.7. The fourth-order valence-electron chi connectivity index (χ4n) is 2.37. The summed E-state index contributed by atoms with van der Waals surface area (Å²) in [6.07, 6.45) is -3.41. The van der Waals surface area contributed by atoms with E-state index >= 15 is 0 Å². The summed E-state index contributed by atoms with van der Waals surface area (Å²) >= 11 is 0. The number of aromatic nitrogens is 2. The monoisotopic (exact) mass is 377 g/mol. The van der Waals surface area contributed by atoms with Crippen molar-refractivity contribution in [2.75, 3.05) is 6.54 Å². The first-order chi connectivity index (χ1) is 12.7. The number of carbonyl (C=O) groups excluding carboxylic acids is 1. The summed E-state index contributed by atoms with van der Waals surface area (Å²) in [5.74, 6) is -0.575. The van der Waals surface area contributed by atoms with Crippen LogP contribution < -0.4 is 11.1 Å². The van der Waals surface area contributed by atoms with E-state index in [1.807, 2.05) is 6.07 Å². The van der Waals surface area contributed by atoms with E-state index in [1.165, 1.54) is 12.1 Å². The van der Waals surface area contributed by atoms with E-state index in [9.17, 15) is 18.0 Å². The Morgan fingerprint density at radius 1 is 1.33 bits per heavy atom. The highest BCUT2D eigenvalue weighted by molar-refractivity contribution is 5.79. The van der Waals surface area contributed by atoms with Crippen LogP contribution in [0.3, 0.4) is 0 Å². The molecule has 27 heavy (non-hydrogen) atoms. The predicted molar refractivity (Wildman–Crippen MR) is 92.2 cm³/mol. The van der Waals surface area contributed by atoms with Crippen molar-refractivity contribution in [2.24, 2.45) is 5.73 Å². The van der Waals surface area contributed by atoms with Gasteiger partial charge in [-0.25, -0.2) is 9.97 Å². The summed E-state index contributed by atoms with van der Waals surface area (Å²) in [6.45, 7) is 2.14. The molecule has 2 rings (SSSR count). The third-order valence-corrected chi connectivity index (χ3v) is 3.85. The highest BCUT2D eigenvalue weighted by Gasteiger charge is 2.30. The fourth-order valence-corrected chi connectivity index (χ4v) is 2.37. The summed E-state index contributed by atoms with van der Waals surface area (Å²) in [6, 6.07) is 7.68. The van der Waals surface area contributed by atoms with Crippen molar-refractivity contribution >= 4 is 5.91 Å². The van der Waals surface area contributed by atoms with Gasteiger partial charge in [0.1, 0.15) is 6.07 Å². The van der Waals surface area contributed by atoms with Gasteiger partial charge in [0.05, 0.1) is 17.3 Å². The second kappa shape index (κ2) is 8.60. The van der Waals surface area contributed by atoms with Gasteiger partial charge in [-0.3, -0.25) is 4.79 Å². The molecule has 1 atom stereocenters. The number of amides is 1. The molecule has 1 aromatic heterocycles. The molecule has 0 fully saturated rings. The maximum absolute atomic E-state index is 12.9. The molecular weight excluding hydrogens is 359 g/mol. The molecule has 0 aliphatic carbocycles. The zero-order valence-electron chi connectivity index (χ0n) is 14.5. The third-order valence-electron chi connectivity index (χ3n) is 3.85. The van der Waals surface area contributed by atoms with Crippen molar-refractivity contribution < 1.29 is 18.0 Å². The Bertz CT molecular complexity index is 861. The molecule has 6 nitrogen and oxygen atoms in total. The van der Waals surface area contributed by atoms with E-state index < -0.39 is 23.7 Å². The first-order valence-electron chi connectivity index (χ1n) is 8.19. The van der Waals surface area contributed by atoms with E-state index in [0.717, 1.165) is 12.1 Å². The minimum Gasteiger partial charge on any atom is -0.368 e. The van der Waals surface area contributed by atoms with Crippen LogP contribution in [0.5, 0.6) is 0 Å². The van der Waals surface area contributed by atoms with Crippen LogP contribution >= 0.6 is 0 Å². The van der Waals surface area contributed by atoms with Crippen molar-refractivity contribution in [2.45, 2.75) is 32.0 Å². The third kappa shape index (κ3) is 5.76. The van der Waals surface area contributed by atoms with Crippen LogP contribution in [0.2, 0.25) is 0 Å². The number of primary amides is 1. The van der Waals surface area contributed by atoms with Gasteiger partial charge in [-0.2, -0.15) is 18.4 Å². The van der Waals surface area contributed by atoms with Crippen molar-refractivity contribution in [1.29, 1.82) is 5.26 Å². The van der Waals surface area contributed by atoms with Crippen LogP contribution in [0.25, 0.3) is 11.3 Å². The number of hydrogen-bond acceptors (Lipinski definition) is 5. The quantitative estimate of drug-likeness (QED) is 0.721. The lowest BCUT2D eigenvalue weighted by Crippen LogP contribution is -2.39. The first-order valence-corrected chi connectivity index (χ1v) is 8.19. The van der Waals surface area contributed by atoms with E-state index in [-0.39, 0.29) is 17.1 Å². The number of halogens is 3. The van der Waals surface area contributed by atoms with Gasteiger partial charge in [-0.15, -0.1) is 0 Å². The van der Waals surface area contributed by atoms with Gasteiger partial charge in [0, 0.05) is 11.3 Å². The van der Waals surface area contributed by atoms with Gasteiger partial charge in [0.25, 0.3) is 0 Å². The SMILES string of the molecule is C[C@@H](NCCCc1cc(-c2cccc(C(F)(F)F)c2)nc(C#N)n1)C(N)=O. The number of carbonyl (C=O) groups is 1. The van der Waals surface area contributed by atoms with Crippen molar-refractivity contribution in [3.05, 3.63) is 47.4 Å². The summed E-state index contributed by atoms with van der Waals surface area (Å²) in [7, 11) is 0. The largest absolute Gasteiger partial charge is 0.416 e. The molecule has 0 unspecified atom stereocenters. The Kier molecular flexibility index (Phi) is 6.47. The number of nitriles is 1. The highest BCUT2D eigenvalue weighted by Crippen LogP contribution is 2.31. The second-order valence-corrected chi connectivity index (χ2v) is 5.94. The molecule has 142 valence electrons. The summed E-state index contributed by atoms with van der Waals surface area (Å²) in [5, 5.41) is 12.0. The maximum Gasteiger partial charge on any atom is 0.416 e. The van der Waals surface area contributed by atoms with Gasteiger partial charge in [-0.1, -0.05) is 12.1 Å². The Morgan fingerprint density at radius 2 is 2.07 bits per heavy atom. The standard InChI is InChI=1S/C18H18F3N5O/c1-11(17(23)27)24-7-3-6-14-9-15(26-16(10-22)25-14)12-4-2-5-13(8-12)18(19,20)21/h2,4-5,8-9,11,24H,3,6-7H2,1H3,(H2,23,27)/t11-/m1/s1. The van der Waals surface area contributed by atoms with Crippen LogP contribution in [0, 0.1) is 11.3 Å². The van der Waals surface area contributed by atoms with Gasteiger partial charge >= 0.3 is 6.18 Å². The van der Waals surface area contributed by atoms with E-state index in [4.69, 9.17) is 11.0 Å². The fraction of sp³-hybridized carbons (Fsp3) is 0.333. The zero-order chi connectivity index (χ0) is 20.0. The van der Waals surface area contributed by atoms with Crippen molar-refractivity contribution in [3.63, 3.8) is 0 Å². The molecule has 0 saturated carbocycles. The molecule has 0 spiro atoms. The van der Waals surface area contributed by atoms with E-state index in [1.54, 1.807) is 13.0 Å². The molecule has 0 aliphatic rings. The molecule has 1 heterocycles. The number of benzene rings is 1. The average molecular weight is 377 g/mol. The molecule has 0 radical (unpaired) electrons. The molecule has 1 aromatic carbocycles. The molecule has 1 amide bonds. The molecular formula is C18H18F3N5O. The average Bonchev–Trinajstić information content (AvgIpc) is 2.64. The van der Waals surface area contributed by atoms with Crippen LogP contribution in [0.15, 0.2) is 30.3 Å². The van der Waals surface area contributed by atoms with Crippen molar-refractivity contribution in [3.8, 4) is 17.3 Å². The second-order valence-electron chi connectivity index (χ2n) is 5.94. The number of hydrogen-bond donors (Lipinski definition) is 2. The van der Waals surface area contributed by atoms with E-state index in [2.05, 4.69) is 15.3 Å². The van der Waals surface area contributed by atoms with Crippen LogP contribution in [0.1, 0.15) is 30.4 Å². The lowest BCUT2D eigenvalue weighted by molar-refractivity contribution is -0.137. The van der Waals surface area contributed by atoms with Crippen LogP contribution in [0.4, 0.5) is 13.2 Å². The number of nitrogens with zero attached hydrogens (tertiary/aromatic N) is 3. The maximum atomic E-state index is 12.9. The molecule has 2 aromatic rings. The van der Waals surface area contributed by atoms with Gasteiger partial charge in [0.2, 0.25) is 11.7 Å². The Balaban J connectivity index is 2.18. The first kappa shape index (κ1) is 20.3. The van der Waals surface area contributed by atoms with Crippen LogP contribution in [-0.2, 0) is 17.4 Å². The van der Waals surface area contributed by atoms with E-state index in [0.29, 0.717) is 25.1 Å². The highest BCUT2D eigenvalue weighted by atomic mass is 19.4. The zero-order valence-corrected chi connectivity index (χ0v) is 14.5. The summed E-state index contributed by atoms with van der Waals surface area (Å²) in [4.78, 5) is 19.1. The predicted octanol–water partition coefficient (Wildman–Crippen LogP) is 2.43. The minimum atomic E-state index is -4.47. The lowest BCUT2D eigenvalue weighted by Gasteiger charge is -2.11. The Hall–Kier alpha value is -2.99. The lowest BCUT2D eigenvalue weighted by atomic mass is 10.1. The Labute approximate surface area is 154 Å². The molecule has 3 N–H and O–H groups in total. The number of alkyl halides is 3. The topological polar surface area (TPSA) is 105 Å². The molecule has 0 saturated heterocycles. The Morgan fingerprint density at radius 3 is 2.70 bits per heavy atom. The van der Waals surface area contributed by atoms with Crippen molar-refractivity contribution in [1.82, 2.24) is 15.3 Å². The minimum absolute atomic E-state index is 0.113. The molecule has 0 aliphatic heterocycles. The van der Waals surface area contributed by atoms with Gasteiger partial charge in [-0.05, 0) is 44.5 Å². The smallest absolute Gasteiger partial charge is 0.368 e. The summed E-state index contributed by atoms with van der Waals surface area (Å²) in [5.41, 5.74) is 5.40.